The predicted octanol–water partition coefficient (Wildman–Crippen LogP) is 1.90. The molecule has 0 bridgehead atoms. The van der Waals surface area contributed by atoms with Gasteiger partial charge in [-0.05, 0) is 25.1 Å². The molecule has 5 heteroatoms. The van der Waals surface area contributed by atoms with Crippen molar-refractivity contribution in [3.8, 4) is 0 Å². The largest absolute Gasteiger partial charge is 0.363 e. The van der Waals surface area contributed by atoms with E-state index in [9.17, 15) is 0 Å². The minimum atomic E-state index is 0.530. The molecule has 0 amide bonds. The number of thiocarbonyl (C=S) groups is 1. The minimum Gasteiger partial charge on any atom is -0.363 e. The lowest BCUT2D eigenvalue weighted by Crippen LogP contribution is -2.35. The molecule has 0 spiro atoms. The number of rotatable bonds is 2. The molecule has 1 aliphatic carbocycles. The van der Waals surface area contributed by atoms with E-state index < -0.39 is 0 Å². The maximum Gasteiger partial charge on any atom is 0.175 e. The van der Waals surface area contributed by atoms with Gasteiger partial charge in [-0.25, -0.2) is 0 Å². The van der Waals surface area contributed by atoms with Crippen LogP contribution in [0.5, 0.6) is 0 Å². The molecule has 76 valence electrons. The number of nitrogens with zero attached hydrogens (tertiary/aromatic N) is 1. The topological polar surface area (TPSA) is 50.1 Å². The van der Waals surface area contributed by atoms with Crippen LogP contribution in [0.25, 0.3) is 0 Å². The molecule has 4 nitrogen and oxygen atoms in total. The molecule has 14 heavy (non-hydrogen) atoms. The first-order valence-electron chi connectivity index (χ1n) is 4.82. The van der Waals surface area contributed by atoms with Gasteiger partial charge in [0.2, 0.25) is 0 Å². The van der Waals surface area contributed by atoms with Gasteiger partial charge in [0, 0.05) is 12.1 Å². The van der Waals surface area contributed by atoms with Crippen LogP contribution in [-0.4, -0.2) is 16.3 Å². The van der Waals surface area contributed by atoms with Gasteiger partial charge >= 0.3 is 0 Å². The van der Waals surface area contributed by atoms with E-state index in [1.165, 1.54) is 31.9 Å². The van der Waals surface area contributed by atoms with Gasteiger partial charge in [0.05, 0.1) is 0 Å². The quantitative estimate of drug-likeness (QED) is 0.732. The maximum absolute atomic E-state index is 5.13. The van der Waals surface area contributed by atoms with Crippen LogP contribution in [-0.2, 0) is 0 Å². The lowest BCUT2D eigenvalue weighted by atomic mass is 10.3. The van der Waals surface area contributed by atoms with Gasteiger partial charge in [0.15, 0.2) is 10.9 Å². The highest BCUT2D eigenvalue weighted by Gasteiger charge is 2.15. The average molecular weight is 211 g/mol. The van der Waals surface area contributed by atoms with Crippen molar-refractivity contribution in [3.05, 3.63) is 12.3 Å². The number of anilines is 1. The Kier molecular flexibility index (Phi) is 2.98. The van der Waals surface area contributed by atoms with Crippen LogP contribution in [0.1, 0.15) is 25.7 Å². The minimum absolute atomic E-state index is 0.530. The van der Waals surface area contributed by atoms with E-state index in [1.54, 1.807) is 6.07 Å². The molecule has 0 radical (unpaired) electrons. The maximum atomic E-state index is 5.13. The number of hydrogen-bond donors (Lipinski definition) is 2. The molecule has 0 atom stereocenters. The lowest BCUT2D eigenvalue weighted by molar-refractivity contribution is 0.423. The number of hydrogen-bond acceptors (Lipinski definition) is 3. The van der Waals surface area contributed by atoms with Crippen molar-refractivity contribution in [2.24, 2.45) is 0 Å². The molecule has 1 aliphatic rings. The molecule has 1 heterocycles. The van der Waals surface area contributed by atoms with Crippen LogP contribution in [0.4, 0.5) is 5.82 Å². The fourth-order valence-electron chi connectivity index (χ4n) is 1.68. The smallest absolute Gasteiger partial charge is 0.175 e. The van der Waals surface area contributed by atoms with Crippen molar-refractivity contribution in [1.82, 2.24) is 10.5 Å². The standard InChI is InChI=1S/C9H13N3OS/c14-9(10-7-3-1-2-4-7)11-8-5-6-13-12-8/h5-7H,1-4H2,(H2,10,11,12,14). The van der Waals surface area contributed by atoms with Crippen LogP contribution in [0.2, 0.25) is 0 Å². The number of nitrogens with one attached hydrogen (secondary N) is 2. The Morgan fingerprint density at radius 1 is 1.50 bits per heavy atom. The molecule has 1 saturated carbocycles. The lowest BCUT2D eigenvalue weighted by Gasteiger charge is -2.13. The summed E-state index contributed by atoms with van der Waals surface area (Å²) in [7, 11) is 0. The molecule has 1 aromatic heterocycles. The Balaban J connectivity index is 1.78. The normalized spacial score (nSPS) is 16.9. The van der Waals surface area contributed by atoms with Crippen LogP contribution in [0.3, 0.4) is 0 Å². The van der Waals surface area contributed by atoms with Crippen molar-refractivity contribution in [3.63, 3.8) is 0 Å². The molecule has 1 fully saturated rings. The highest BCUT2D eigenvalue weighted by atomic mass is 32.1. The Morgan fingerprint density at radius 2 is 2.29 bits per heavy atom. The van der Waals surface area contributed by atoms with Crippen LogP contribution in [0.15, 0.2) is 16.9 Å². The Hall–Kier alpha value is -1.10. The van der Waals surface area contributed by atoms with E-state index in [1.807, 2.05) is 0 Å². The third-order valence-corrected chi connectivity index (χ3v) is 2.59. The average Bonchev–Trinajstić information content (AvgIpc) is 2.76. The van der Waals surface area contributed by atoms with Gasteiger partial charge in [-0.15, -0.1) is 0 Å². The zero-order chi connectivity index (χ0) is 9.80. The van der Waals surface area contributed by atoms with E-state index in [-0.39, 0.29) is 0 Å². The predicted molar refractivity (Wildman–Crippen MR) is 58.1 cm³/mol. The highest BCUT2D eigenvalue weighted by Crippen LogP contribution is 2.17. The van der Waals surface area contributed by atoms with E-state index in [2.05, 4.69) is 20.3 Å². The first-order valence-corrected chi connectivity index (χ1v) is 5.23. The SMILES string of the molecule is S=C(Nc1ccon1)NC1CCCC1. The van der Waals surface area contributed by atoms with Gasteiger partial charge in [-0.3, -0.25) is 0 Å². The first-order chi connectivity index (χ1) is 6.84. The second-order valence-corrected chi connectivity index (χ2v) is 3.87. The fraction of sp³-hybridized carbons (Fsp3) is 0.556. The van der Waals surface area contributed by atoms with Crippen molar-refractivity contribution < 1.29 is 4.52 Å². The van der Waals surface area contributed by atoms with Crippen molar-refractivity contribution in [2.75, 3.05) is 5.32 Å². The summed E-state index contributed by atoms with van der Waals surface area (Å²) in [6.07, 6.45) is 6.52. The van der Waals surface area contributed by atoms with Gasteiger partial charge in [0.1, 0.15) is 6.26 Å². The summed E-state index contributed by atoms with van der Waals surface area (Å²) in [5.41, 5.74) is 0. The summed E-state index contributed by atoms with van der Waals surface area (Å²) in [5.74, 6) is 0.653. The third-order valence-electron chi connectivity index (χ3n) is 2.37. The van der Waals surface area contributed by atoms with E-state index in [4.69, 9.17) is 12.2 Å². The molecule has 1 aromatic rings. The van der Waals surface area contributed by atoms with Crippen LogP contribution in [0, 0.1) is 0 Å². The van der Waals surface area contributed by atoms with Gasteiger partial charge in [-0.2, -0.15) is 0 Å². The monoisotopic (exact) mass is 211 g/mol. The van der Waals surface area contributed by atoms with E-state index >= 15 is 0 Å². The summed E-state index contributed by atoms with van der Waals surface area (Å²) < 4.78 is 4.69. The second kappa shape index (κ2) is 4.41. The van der Waals surface area contributed by atoms with E-state index in [0.717, 1.165) is 0 Å². The van der Waals surface area contributed by atoms with Crippen molar-refractivity contribution in [2.45, 2.75) is 31.7 Å². The second-order valence-electron chi connectivity index (χ2n) is 3.46. The number of aromatic nitrogens is 1. The molecule has 2 rings (SSSR count). The summed E-state index contributed by atoms with van der Waals surface area (Å²) in [6, 6.07) is 2.27. The molecule has 0 unspecified atom stereocenters. The summed E-state index contributed by atoms with van der Waals surface area (Å²) in [5, 5.41) is 10.6. The molecule has 0 aromatic carbocycles. The fourth-order valence-corrected chi connectivity index (χ4v) is 1.96. The molecular weight excluding hydrogens is 198 g/mol. The zero-order valence-corrected chi connectivity index (χ0v) is 8.64. The van der Waals surface area contributed by atoms with Gasteiger partial charge < -0.3 is 15.2 Å². The summed E-state index contributed by atoms with van der Waals surface area (Å²) in [4.78, 5) is 0. The van der Waals surface area contributed by atoms with Crippen molar-refractivity contribution >= 4 is 23.1 Å². The molecular formula is C9H13N3OS. The summed E-state index contributed by atoms with van der Waals surface area (Å²) >= 11 is 5.13. The zero-order valence-electron chi connectivity index (χ0n) is 7.82. The molecule has 0 saturated heterocycles. The van der Waals surface area contributed by atoms with E-state index in [0.29, 0.717) is 17.0 Å². The highest BCUT2D eigenvalue weighted by molar-refractivity contribution is 7.80. The Bertz CT molecular complexity index is 293. The van der Waals surface area contributed by atoms with Crippen molar-refractivity contribution in [1.29, 1.82) is 0 Å². The molecule has 2 N–H and O–H groups in total. The Labute approximate surface area is 88.0 Å². The Morgan fingerprint density at radius 3 is 2.93 bits per heavy atom. The first kappa shape index (κ1) is 9.45. The molecule has 0 aliphatic heterocycles. The summed E-state index contributed by atoms with van der Waals surface area (Å²) in [6.45, 7) is 0. The van der Waals surface area contributed by atoms with Crippen LogP contribution < -0.4 is 10.6 Å². The van der Waals surface area contributed by atoms with Gasteiger partial charge in [-0.1, -0.05) is 18.0 Å². The van der Waals surface area contributed by atoms with Gasteiger partial charge in [0.25, 0.3) is 0 Å². The third kappa shape index (κ3) is 2.45. The van der Waals surface area contributed by atoms with Crippen LogP contribution >= 0.6 is 12.2 Å².